The van der Waals surface area contributed by atoms with Crippen LogP contribution in [-0.2, 0) is 26.5 Å². The molecule has 3 aromatic carbocycles. The van der Waals surface area contributed by atoms with Gasteiger partial charge in [0.25, 0.3) is 6.02 Å². The first kappa shape index (κ1) is 34.4. The maximum atomic E-state index is 6.59. The third-order valence-corrected chi connectivity index (χ3v) is 10.1. The molecule has 13 heteroatoms. The van der Waals surface area contributed by atoms with E-state index in [4.69, 9.17) is 47.1 Å². The van der Waals surface area contributed by atoms with Gasteiger partial charge in [0.1, 0.15) is 44.3 Å². The van der Waals surface area contributed by atoms with Crippen molar-refractivity contribution in [3.8, 4) is 5.75 Å². The van der Waals surface area contributed by atoms with Crippen molar-refractivity contribution < 1.29 is 18.9 Å². The Balaban J connectivity index is 0.910. The molecule has 0 aliphatic carbocycles. The van der Waals surface area contributed by atoms with Crippen LogP contribution in [0.1, 0.15) is 32.3 Å². The van der Waals surface area contributed by atoms with Gasteiger partial charge in [0.2, 0.25) is 5.79 Å². The molecule has 0 saturated carbocycles. The maximum absolute atomic E-state index is 6.59. The van der Waals surface area contributed by atoms with Gasteiger partial charge in [0, 0.05) is 54.2 Å². The van der Waals surface area contributed by atoms with E-state index in [9.17, 15) is 0 Å². The van der Waals surface area contributed by atoms with E-state index in [2.05, 4.69) is 75.0 Å². The second-order valence-corrected chi connectivity index (χ2v) is 13.6. The Kier molecular flexibility index (Phi) is 10.6. The Labute approximate surface area is 303 Å². The van der Waals surface area contributed by atoms with Crippen LogP contribution in [0.5, 0.6) is 5.75 Å². The number of benzene rings is 3. The molecule has 4 aromatic rings. The van der Waals surface area contributed by atoms with Crippen molar-refractivity contribution in [1.29, 1.82) is 0 Å². The summed E-state index contributed by atoms with van der Waals surface area (Å²) < 4.78 is 26.4. The Morgan fingerprint density at radius 2 is 1.62 bits per heavy atom. The predicted octanol–water partition coefficient (Wildman–Crippen LogP) is 6.77. The number of aromatic nitrogens is 3. The van der Waals surface area contributed by atoms with Crippen molar-refractivity contribution in [1.82, 2.24) is 19.7 Å². The van der Waals surface area contributed by atoms with Crippen LogP contribution < -0.4 is 14.5 Å². The number of aliphatic imine (C=N–C) groups is 1. The number of anilines is 2. The first-order valence-corrected chi connectivity index (χ1v) is 18.1. The lowest BCUT2D eigenvalue weighted by molar-refractivity contribution is -0.190. The van der Waals surface area contributed by atoms with Crippen molar-refractivity contribution in [3.05, 3.63) is 95.0 Å². The summed E-state index contributed by atoms with van der Waals surface area (Å²) in [5.41, 5.74) is 3.98. The molecular weight excluding hydrogens is 677 g/mol. The Bertz CT molecular complexity index is 1730. The fourth-order valence-corrected chi connectivity index (χ4v) is 7.43. The van der Waals surface area contributed by atoms with Crippen LogP contribution in [0.2, 0.25) is 10.0 Å². The molecule has 3 aliphatic heterocycles. The van der Waals surface area contributed by atoms with E-state index < -0.39 is 5.79 Å². The summed E-state index contributed by atoms with van der Waals surface area (Å²) in [6.45, 7) is 10.7. The van der Waals surface area contributed by atoms with Crippen molar-refractivity contribution in [2.24, 2.45) is 4.99 Å². The summed E-state index contributed by atoms with van der Waals surface area (Å²) in [7, 11) is 0. The molecule has 0 spiro atoms. The number of nitrogens with zero attached hydrogens (tertiary/aromatic N) is 7. The third-order valence-electron chi connectivity index (χ3n) is 9.59. The minimum atomic E-state index is -1.15. The molecule has 2 unspecified atom stereocenters. The molecule has 4 heterocycles. The molecule has 7 rings (SSSR count). The van der Waals surface area contributed by atoms with Gasteiger partial charge in [-0.2, -0.15) is 10.1 Å². The van der Waals surface area contributed by atoms with Crippen LogP contribution >= 0.6 is 23.2 Å². The average molecular weight is 721 g/mol. The lowest BCUT2D eigenvalue weighted by Gasteiger charge is -2.37. The van der Waals surface area contributed by atoms with Gasteiger partial charge in [-0.1, -0.05) is 43.1 Å². The minimum Gasteiger partial charge on any atom is -0.491 e. The molecule has 0 bridgehead atoms. The van der Waals surface area contributed by atoms with Crippen LogP contribution in [0.15, 0.2) is 84.4 Å². The molecule has 0 amide bonds. The molecule has 3 saturated heterocycles. The van der Waals surface area contributed by atoms with Crippen LogP contribution in [-0.4, -0.2) is 90.4 Å². The number of ether oxygens (including phenoxy) is 4. The van der Waals surface area contributed by atoms with Crippen molar-refractivity contribution in [2.45, 2.75) is 51.2 Å². The minimum absolute atomic E-state index is 0.278. The normalized spacial score (nSPS) is 21.7. The van der Waals surface area contributed by atoms with Crippen LogP contribution in [0.3, 0.4) is 0 Å². The Morgan fingerprint density at radius 3 is 2.26 bits per heavy atom. The second kappa shape index (κ2) is 15.5. The average Bonchev–Trinajstić information content (AvgIpc) is 3.92. The van der Waals surface area contributed by atoms with Gasteiger partial charge in [-0.25, -0.2) is 9.67 Å². The predicted molar refractivity (Wildman–Crippen MR) is 196 cm³/mol. The number of amidine groups is 1. The molecular formula is C37H43Cl2N7O4. The van der Waals surface area contributed by atoms with Crippen LogP contribution in [0.25, 0.3) is 0 Å². The number of hydrogen-bond acceptors (Lipinski definition) is 9. The van der Waals surface area contributed by atoms with Gasteiger partial charge in [-0.15, -0.1) is 0 Å². The van der Waals surface area contributed by atoms with Crippen LogP contribution in [0.4, 0.5) is 17.1 Å². The van der Waals surface area contributed by atoms with Gasteiger partial charge in [-0.3, -0.25) is 0 Å². The second-order valence-electron chi connectivity index (χ2n) is 12.7. The van der Waals surface area contributed by atoms with Crippen LogP contribution in [0, 0.1) is 0 Å². The van der Waals surface area contributed by atoms with E-state index >= 15 is 0 Å². The fraction of sp³-hybridized carbons (Fsp3) is 0.432. The number of piperazine rings is 1. The van der Waals surface area contributed by atoms with E-state index in [0.29, 0.717) is 41.5 Å². The van der Waals surface area contributed by atoms with Crippen molar-refractivity contribution in [3.63, 3.8) is 0 Å². The van der Waals surface area contributed by atoms with E-state index in [1.807, 2.05) is 18.2 Å². The summed E-state index contributed by atoms with van der Waals surface area (Å²) in [5, 5.41) is 5.23. The highest BCUT2D eigenvalue weighted by atomic mass is 35.5. The summed E-state index contributed by atoms with van der Waals surface area (Å²) >= 11 is 12.8. The lowest BCUT2D eigenvalue weighted by Crippen LogP contribution is -2.46. The van der Waals surface area contributed by atoms with E-state index in [1.54, 1.807) is 23.1 Å². The quantitative estimate of drug-likeness (QED) is 0.157. The Morgan fingerprint density at radius 1 is 0.920 bits per heavy atom. The molecule has 11 nitrogen and oxygen atoms in total. The smallest absolute Gasteiger partial charge is 0.293 e. The van der Waals surface area contributed by atoms with E-state index in [0.717, 1.165) is 63.0 Å². The number of halogens is 2. The van der Waals surface area contributed by atoms with E-state index in [1.165, 1.54) is 17.7 Å². The molecule has 264 valence electrons. The number of rotatable bonds is 12. The summed E-state index contributed by atoms with van der Waals surface area (Å²) in [5.74, 6) is -0.380. The van der Waals surface area contributed by atoms with Crippen molar-refractivity contribution in [2.75, 3.05) is 62.3 Å². The highest BCUT2D eigenvalue weighted by molar-refractivity contribution is 6.35. The lowest BCUT2D eigenvalue weighted by atomic mass is 10.1. The topological polar surface area (TPSA) is 89.7 Å². The zero-order valence-corrected chi connectivity index (χ0v) is 30.0. The summed E-state index contributed by atoms with van der Waals surface area (Å²) in [6, 6.07) is 23.3. The zero-order chi connectivity index (χ0) is 34.5. The number of hydrogen-bond donors (Lipinski definition) is 0. The molecule has 1 aromatic heterocycles. The fourth-order valence-electron chi connectivity index (χ4n) is 6.87. The standard InChI is InChI=1S/C37H43Cl2N7O4/c1-3-29(4-2)46-19-20-47-36(46)42-28-6-8-30(9-7-28)43-15-17-44(18-16-43)31-10-12-32(13-11-31)48-22-33-23-49-37(50-33,24-45-26-40-25-41-45)34-14-5-27(38)21-35(34)39/h5-14,21,25-26,29,33H,3-4,15-20,22-24H2,1-2H3. The molecule has 3 aliphatic rings. The highest BCUT2D eigenvalue weighted by Gasteiger charge is 2.45. The van der Waals surface area contributed by atoms with Gasteiger partial charge < -0.3 is 33.6 Å². The van der Waals surface area contributed by atoms with E-state index in [-0.39, 0.29) is 12.6 Å². The SMILES string of the molecule is CCC(CC)N1CCOC1=Nc1ccc(N2CCN(c3ccc(OCC4COC(Cn5cncn5)(c5ccc(Cl)cc5Cl)O4)cc3)CC2)cc1. The molecule has 0 radical (unpaired) electrons. The van der Waals surface area contributed by atoms with Gasteiger partial charge in [0.05, 0.1) is 23.9 Å². The summed E-state index contributed by atoms with van der Waals surface area (Å²) in [4.78, 5) is 16.0. The molecule has 2 atom stereocenters. The first-order chi connectivity index (χ1) is 24.4. The third kappa shape index (κ3) is 7.66. The van der Waals surface area contributed by atoms with Gasteiger partial charge in [0.15, 0.2) is 0 Å². The van der Waals surface area contributed by atoms with Gasteiger partial charge in [-0.05, 0) is 73.5 Å². The van der Waals surface area contributed by atoms with Crippen molar-refractivity contribution >= 4 is 46.3 Å². The Hall–Kier alpha value is -4.03. The zero-order valence-electron chi connectivity index (χ0n) is 28.5. The molecule has 0 N–H and O–H groups in total. The summed E-state index contributed by atoms with van der Waals surface area (Å²) in [6.07, 6.45) is 4.94. The molecule has 3 fully saturated rings. The van der Waals surface area contributed by atoms with Gasteiger partial charge >= 0.3 is 0 Å². The maximum Gasteiger partial charge on any atom is 0.293 e. The highest BCUT2D eigenvalue weighted by Crippen LogP contribution is 2.40. The largest absolute Gasteiger partial charge is 0.491 e. The molecule has 50 heavy (non-hydrogen) atoms. The first-order valence-electron chi connectivity index (χ1n) is 17.3. The monoisotopic (exact) mass is 719 g/mol.